The molecule has 0 spiro atoms. The number of benzene rings is 1. The molecule has 2 N–H and O–H groups in total. The van der Waals surface area contributed by atoms with Crippen molar-refractivity contribution in [2.45, 2.75) is 0 Å². The first-order chi connectivity index (χ1) is 8.58. The van der Waals surface area contributed by atoms with Crippen LogP contribution in [0.15, 0.2) is 24.3 Å². The van der Waals surface area contributed by atoms with Crippen LogP contribution in [0.4, 0.5) is 5.69 Å². The van der Waals surface area contributed by atoms with Crippen LogP contribution < -0.4 is 10.6 Å². The van der Waals surface area contributed by atoms with Gasteiger partial charge in [-0.05, 0) is 18.2 Å². The van der Waals surface area contributed by atoms with Crippen LogP contribution in [-0.2, 0) is 4.79 Å². The predicted octanol–water partition coefficient (Wildman–Crippen LogP) is 0.546. The molecule has 0 unspecified atom stereocenters. The first-order valence-corrected chi connectivity index (χ1v) is 5.91. The molecule has 0 aromatic heterocycles. The molecule has 0 aliphatic carbocycles. The summed E-state index contributed by atoms with van der Waals surface area (Å²) in [6.45, 7) is 1.45. The Morgan fingerprint density at radius 3 is 2.61 bits per heavy atom. The minimum atomic E-state index is -0.0728. The van der Waals surface area contributed by atoms with Crippen LogP contribution in [0.2, 0.25) is 0 Å². The Labute approximate surface area is 106 Å². The molecule has 5 heteroatoms. The highest BCUT2D eigenvalue weighted by molar-refractivity contribution is 5.97. The van der Waals surface area contributed by atoms with E-state index in [1.807, 2.05) is 0 Å². The Bertz CT molecular complexity index is 467. The summed E-state index contributed by atoms with van der Waals surface area (Å²) in [6, 6.07) is 7.00. The normalized spacial score (nSPS) is 14.8. The standard InChI is InChI=1S/C13H17N3O2/c1-16(2)13(18)9-4-3-5-11(6-9)15-12(17)10-7-14-8-10/h3-6,10,14H,7-8H2,1-2H3,(H,15,17). The Hall–Kier alpha value is -1.88. The lowest BCUT2D eigenvalue weighted by atomic mass is 10.0. The molecule has 5 nitrogen and oxygen atoms in total. The van der Waals surface area contributed by atoms with E-state index in [9.17, 15) is 9.59 Å². The van der Waals surface area contributed by atoms with E-state index < -0.39 is 0 Å². The third-order valence-electron chi connectivity index (χ3n) is 2.94. The van der Waals surface area contributed by atoms with Gasteiger partial charge in [-0.3, -0.25) is 9.59 Å². The molecule has 1 heterocycles. The van der Waals surface area contributed by atoms with Gasteiger partial charge in [-0.15, -0.1) is 0 Å². The number of carbonyl (C=O) groups is 2. The van der Waals surface area contributed by atoms with Crippen molar-refractivity contribution in [3.05, 3.63) is 29.8 Å². The first-order valence-electron chi connectivity index (χ1n) is 5.91. The summed E-state index contributed by atoms with van der Waals surface area (Å²) in [6.07, 6.45) is 0. The zero-order chi connectivity index (χ0) is 13.1. The highest BCUT2D eigenvalue weighted by Gasteiger charge is 2.24. The molecule has 1 fully saturated rings. The van der Waals surface area contributed by atoms with E-state index in [2.05, 4.69) is 10.6 Å². The smallest absolute Gasteiger partial charge is 0.253 e. The number of hydrogen-bond donors (Lipinski definition) is 2. The fraction of sp³-hybridized carbons (Fsp3) is 0.385. The lowest BCUT2D eigenvalue weighted by Crippen LogP contribution is -2.48. The van der Waals surface area contributed by atoms with Crippen LogP contribution in [0.25, 0.3) is 0 Å². The number of hydrogen-bond acceptors (Lipinski definition) is 3. The molecular weight excluding hydrogens is 230 g/mol. The number of nitrogens with zero attached hydrogens (tertiary/aromatic N) is 1. The van der Waals surface area contributed by atoms with Crippen molar-refractivity contribution < 1.29 is 9.59 Å². The van der Waals surface area contributed by atoms with Gasteiger partial charge in [-0.25, -0.2) is 0 Å². The molecule has 1 aliphatic rings. The van der Waals surface area contributed by atoms with E-state index in [0.29, 0.717) is 11.3 Å². The monoisotopic (exact) mass is 247 g/mol. The second kappa shape index (κ2) is 5.18. The Kier molecular flexibility index (Phi) is 3.62. The fourth-order valence-electron chi connectivity index (χ4n) is 1.71. The van der Waals surface area contributed by atoms with Gasteiger partial charge in [0.1, 0.15) is 0 Å². The van der Waals surface area contributed by atoms with Crippen molar-refractivity contribution in [3.8, 4) is 0 Å². The van der Waals surface area contributed by atoms with Gasteiger partial charge in [0, 0.05) is 38.4 Å². The van der Waals surface area contributed by atoms with E-state index in [1.54, 1.807) is 38.4 Å². The summed E-state index contributed by atoms with van der Waals surface area (Å²) < 4.78 is 0. The number of rotatable bonds is 3. The molecule has 1 saturated heterocycles. The molecule has 96 valence electrons. The number of carbonyl (C=O) groups excluding carboxylic acids is 2. The number of nitrogens with one attached hydrogen (secondary N) is 2. The van der Waals surface area contributed by atoms with E-state index in [0.717, 1.165) is 13.1 Å². The van der Waals surface area contributed by atoms with Crippen molar-refractivity contribution in [2.24, 2.45) is 5.92 Å². The van der Waals surface area contributed by atoms with Crippen LogP contribution in [0.3, 0.4) is 0 Å². The molecule has 18 heavy (non-hydrogen) atoms. The fourth-order valence-corrected chi connectivity index (χ4v) is 1.71. The van der Waals surface area contributed by atoms with Crippen LogP contribution in [0.5, 0.6) is 0 Å². The summed E-state index contributed by atoms with van der Waals surface area (Å²) in [4.78, 5) is 25.1. The minimum absolute atomic E-state index is 0.00296. The van der Waals surface area contributed by atoms with Crippen LogP contribution in [-0.4, -0.2) is 43.9 Å². The maximum absolute atomic E-state index is 11.8. The van der Waals surface area contributed by atoms with Crippen molar-refractivity contribution in [1.29, 1.82) is 0 Å². The second-order valence-corrected chi connectivity index (χ2v) is 4.62. The van der Waals surface area contributed by atoms with E-state index in [-0.39, 0.29) is 17.7 Å². The summed E-state index contributed by atoms with van der Waals surface area (Å²) in [5, 5.41) is 5.88. The maximum Gasteiger partial charge on any atom is 0.253 e. The molecule has 0 atom stereocenters. The molecule has 2 amide bonds. The summed E-state index contributed by atoms with van der Waals surface area (Å²) >= 11 is 0. The van der Waals surface area contributed by atoms with Crippen molar-refractivity contribution in [2.75, 3.05) is 32.5 Å². The van der Waals surface area contributed by atoms with Gasteiger partial charge in [0.05, 0.1) is 5.92 Å². The summed E-state index contributed by atoms with van der Waals surface area (Å²) in [5.74, 6) is -0.0298. The van der Waals surface area contributed by atoms with Crippen molar-refractivity contribution >= 4 is 17.5 Å². The lowest BCUT2D eigenvalue weighted by Gasteiger charge is -2.25. The second-order valence-electron chi connectivity index (χ2n) is 4.62. The average Bonchev–Trinajstić information content (AvgIpc) is 2.25. The maximum atomic E-state index is 11.8. The highest BCUT2D eigenvalue weighted by atomic mass is 16.2. The third kappa shape index (κ3) is 2.68. The van der Waals surface area contributed by atoms with Gasteiger partial charge < -0.3 is 15.5 Å². The van der Waals surface area contributed by atoms with Crippen LogP contribution >= 0.6 is 0 Å². The molecule has 1 aromatic rings. The quantitative estimate of drug-likeness (QED) is 0.820. The minimum Gasteiger partial charge on any atom is -0.345 e. The van der Waals surface area contributed by atoms with E-state index >= 15 is 0 Å². The highest BCUT2D eigenvalue weighted by Crippen LogP contribution is 2.14. The van der Waals surface area contributed by atoms with Crippen LogP contribution in [0, 0.1) is 5.92 Å². The summed E-state index contributed by atoms with van der Waals surface area (Å²) in [7, 11) is 3.40. The van der Waals surface area contributed by atoms with Gasteiger partial charge in [0.2, 0.25) is 5.91 Å². The first kappa shape index (κ1) is 12.6. The van der Waals surface area contributed by atoms with Gasteiger partial charge >= 0.3 is 0 Å². The van der Waals surface area contributed by atoms with Crippen molar-refractivity contribution in [3.63, 3.8) is 0 Å². The molecule has 1 aromatic carbocycles. The number of amides is 2. The predicted molar refractivity (Wildman–Crippen MR) is 69.4 cm³/mol. The average molecular weight is 247 g/mol. The van der Waals surface area contributed by atoms with Gasteiger partial charge in [0.15, 0.2) is 0 Å². The Morgan fingerprint density at radius 1 is 1.33 bits per heavy atom. The molecule has 0 radical (unpaired) electrons. The lowest BCUT2D eigenvalue weighted by molar-refractivity contribution is -0.121. The molecule has 0 bridgehead atoms. The molecule has 2 rings (SSSR count). The zero-order valence-corrected chi connectivity index (χ0v) is 10.6. The SMILES string of the molecule is CN(C)C(=O)c1cccc(NC(=O)C2CNC2)c1. The van der Waals surface area contributed by atoms with E-state index in [4.69, 9.17) is 0 Å². The topological polar surface area (TPSA) is 61.4 Å². The Balaban J connectivity index is 2.07. The van der Waals surface area contributed by atoms with Gasteiger partial charge in [-0.1, -0.05) is 6.07 Å². The van der Waals surface area contributed by atoms with Gasteiger partial charge in [-0.2, -0.15) is 0 Å². The van der Waals surface area contributed by atoms with E-state index in [1.165, 1.54) is 4.90 Å². The molecule has 1 aliphatic heterocycles. The largest absolute Gasteiger partial charge is 0.345 e. The Morgan fingerprint density at radius 2 is 2.06 bits per heavy atom. The van der Waals surface area contributed by atoms with Crippen LogP contribution in [0.1, 0.15) is 10.4 Å². The number of anilines is 1. The third-order valence-corrected chi connectivity index (χ3v) is 2.94. The molecule has 0 saturated carbocycles. The zero-order valence-electron chi connectivity index (χ0n) is 10.6. The molecular formula is C13H17N3O2. The van der Waals surface area contributed by atoms with Gasteiger partial charge in [0.25, 0.3) is 5.91 Å². The summed E-state index contributed by atoms with van der Waals surface area (Å²) in [5.41, 5.74) is 1.24. The van der Waals surface area contributed by atoms with Crippen molar-refractivity contribution in [1.82, 2.24) is 10.2 Å².